The first-order valence-electron chi connectivity index (χ1n) is 9.50. The lowest BCUT2D eigenvalue weighted by atomic mass is 9.99. The van der Waals surface area contributed by atoms with Gasteiger partial charge in [-0.25, -0.2) is 4.79 Å². The van der Waals surface area contributed by atoms with E-state index < -0.39 is 5.97 Å². The third kappa shape index (κ3) is 5.78. The minimum atomic E-state index is -0.892. The molecule has 27 heavy (non-hydrogen) atoms. The number of aliphatic carboxylic acids is 1. The summed E-state index contributed by atoms with van der Waals surface area (Å²) in [5, 5.41) is 8.69. The van der Waals surface area contributed by atoms with Crippen LogP contribution in [0.3, 0.4) is 0 Å². The molecular weight excluding hydrogens is 338 g/mol. The smallest absolute Gasteiger partial charge is 0.328 e. The topological polar surface area (TPSA) is 49.8 Å². The maximum atomic E-state index is 10.6. The van der Waals surface area contributed by atoms with Gasteiger partial charge in [0, 0.05) is 25.7 Å². The van der Waals surface area contributed by atoms with Gasteiger partial charge in [0.1, 0.15) is 6.10 Å². The fourth-order valence-electron chi connectivity index (χ4n) is 3.44. The molecule has 1 heterocycles. The summed E-state index contributed by atoms with van der Waals surface area (Å²) in [6.45, 7) is 4.61. The molecule has 4 nitrogen and oxygen atoms in total. The maximum absolute atomic E-state index is 10.6. The second kappa shape index (κ2) is 9.49. The third-order valence-electron chi connectivity index (χ3n) is 4.97. The fourth-order valence-corrected chi connectivity index (χ4v) is 3.44. The SMILES string of the molecule is Cc1ccc(C(OC2CCN(C/C=C/C(=O)O)CC2)c2ccccc2)cc1. The third-order valence-corrected chi connectivity index (χ3v) is 4.97. The molecule has 4 heteroatoms. The van der Waals surface area contributed by atoms with Gasteiger partial charge in [0.15, 0.2) is 0 Å². The van der Waals surface area contributed by atoms with Crippen LogP contribution in [0.15, 0.2) is 66.7 Å². The fraction of sp³-hybridized carbons (Fsp3) is 0.348. The standard InChI is InChI=1S/C23H27NO3/c1-18-9-11-20(12-10-18)23(19-6-3-2-4-7-19)27-21-13-16-24(17-14-21)15-5-8-22(25)26/h2-12,21,23H,13-17H2,1H3,(H,25,26)/b8-5+. The predicted octanol–water partition coefficient (Wildman–Crippen LogP) is 4.21. The summed E-state index contributed by atoms with van der Waals surface area (Å²) in [4.78, 5) is 12.8. The van der Waals surface area contributed by atoms with Gasteiger partial charge in [-0.1, -0.05) is 66.2 Å². The average Bonchev–Trinajstić information content (AvgIpc) is 2.68. The van der Waals surface area contributed by atoms with Crippen LogP contribution in [-0.2, 0) is 9.53 Å². The number of hydrogen-bond acceptors (Lipinski definition) is 3. The van der Waals surface area contributed by atoms with Crippen molar-refractivity contribution in [2.45, 2.75) is 32.0 Å². The number of likely N-dealkylation sites (tertiary alicyclic amines) is 1. The van der Waals surface area contributed by atoms with Gasteiger partial charge in [0.05, 0.1) is 6.10 Å². The van der Waals surface area contributed by atoms with Crippen LogP contribution in [0.1, 0.15) is 35.6 Å². The molecule has 1 saturated heterocycles. The maximum Gasteiger partial charge on any atom is 0.328 e. The number of hydrogen-bond donors (Lipinski definition) is 1. The van der Waals surface area contributed by atoms with E-state index in [4.69, 9.17) is 9.84 Å². The zero-order valence-electron chi connectivity index (χ0n) is 15.8. The van der Waals surface area contributed by atoms with Crippen molar-refractivity contribution in [2.75, 3.05) is 19.6 Å². The Balaban J connectivity index is 1.64. The molecule has 0 aromatic heterocycles. The van der Waals surface area contributed by atoms with Crippen molar-refractivity contribution in [3.8, 4) is 0 Å². The molecule has 1 fully saturated rings. The number of aryl methyl sites for hydroxylation is 1. The Kier molecular flexibility index (Phi) is 6.80. The summed E-state index contributed by atoms with van der Waals surface area (Å²) in [6.07, 6.45) is 4.98. The molecule has 1 aliphatic heterocycles. The van der Waals surface area contributed by atoms with Gasteiger partial charge >= 0.3 is 5.97 Å². The number of nitrogens with zero attached hydrogens (tertiary/aromatic N) is 1. The Morgan fingerprint density at radius 3 is 2.37 bits per heavy atom. The highest BCUT2D eigenvalue weighted by Crippen LogP contribution is 2.30. The molecule has 2 aromatic rings. The molecule has 0 saturated carbocycles. The van der Waals surface area contributed by atoms with Crippen LogP contribution in [0, 0.1) is 6.92 Å². The number of piperidine rings is 1. The first-order chi connectivity index (χ1) is 13.1. The van der Waals surface area contributed by atoms with Gasteiger partial charge in [0.25, 0.3) is 0 Å². The Morgan fingerprint density at radius 2 is 1.74 bits per heavy atom. The molecule has 1 aliphatic rings. The van der Waals surface area contributed by atoms with E-state index in [-0.39, 0.29) is 12.2 Å². The van der Waals surface area contributed by atoms with E-state index in [1.807, 2.05) is 6.07 Å². The van der Waals surface area contributed by atoms with Crippen molar-refractivity contribution in [3.63, 3.8) is 0 Å². The van der Waals surface area contributed by atoms with Crippen LogP contribution in [0.25, 0.3) is 0 Å². The van der Waals surface area contributed by atoms with Crippen LogP contribution >= 0.6 is 0 Å². The van der Waals surface area contributed by atoms with E-state index in [0.29, 0.717) is 6.54 Å². The minimum Gasteiger partial charge on any atom is -0.478 e. The zero-order valence-corrected chi connectivity index (χ0v) is 15.8. The van der Waals surface area contributed by atoms with Gasteiger partial charge in [-0.05, 0) is 30.9 Å². The number of carboxylic acids is 1. The highest BCUT2D eigenvalue weighted by atomic mass is 16.5. The lowest BCUT2D eigenvalue weighted by Crippen LogP contribution is -2.37. The predicted molar refractivity (Wildman–Crippen MR) is 107 cm³/mol. The molecule has 0 radical (unpaired) electrons. The largest absolute Gasteiger partial charge is 0.478 e. The first kappa shape index (κ1) is 19.3. The van der Waals surface area contributed by atoms with Crippen LogP contribution < -0.4 is 0 Å². The van der Waals surface area contributed by atoms with Crippen molar-refractivity contribution in [3.05, 3.63) is 83.4 Å². The lowest BCUT2D eigenvalue weighted by molar-refractivity contribution is -0.131. The Bertz CT molecular complexity index is 747. The van der Waals surface area contributed by atoms with Crippen LogP contribution in [0.5, 0.6) is 0 Å². The molecule has 1 N–H and O–H groups in total. The Hall–Kier alpha value is -2.43. The quantitative estimate of drug-likeness (QED) is 0.747. The van der Waals surface area contributed by atoms with Gasteiger partial charge in [-0.2, -0.15) is 0 Å². The van der Waals surface area contributed by atoms with Gasteiger partial charge < -0.3 is 9.84 Å². The summed E-state index contributed by atoms with van der Waals surface area (Å²) >= 11 is 0. The molecule has 1 atom stereocenters. The van der Waals surface area contributed by atoms with Crippen LogP contribution in [0.2, 0.25) is 0 Å². The molecule has 2 aromatic carbocycles. The summed E-state index contributed by atoms with van der Waals surface area (Å²) in [5.74, 6) is -0.892. The van der Waals surface area contributed by atoms with E-state index in [9.17, 15) is 4.79 Å². The molecule has 0 bridgehead atoms. The van der Waals surface area contributed by atoms with Gasteiger partial charge in [-0.3, -0.25) is 4.90 Å². The van der Waals surface area contributed by atoms with Crippen molar-refractivity contribution in [1.82, 2.24) is 4.90 Å². The Labute approximate surface area is 161 Å². The molecular formula is C23H27NO3. The molecule has 1 unspecified atom stereocenters. The van der Waals surface area contributed by atoms with E-state index in [0.717, 1.165) is 25.9 Å². The number of carboxylic acid groups (broad SMARTS) is 1. The first-order valence-corrected chi connectivity index (χ1v) is 9.50. The number of benzene rings is 2. The zero-order chi connectivity index (χ0) is 19.1. The molecule has 3 rings (SSSR count). The second-order valence-corrected chi connectivity index (χ2v) is 7.08. The van der Waals surface area contributed by atoms with E-state index >= 15 is 0 Å². The second-order valence-electron chi connectivity index (χ2n) is 7.08. The number of ether oxygens (including phenoxy) is 1. The van der Waals surface area contributed by atoms with Crippen molar-refractivity contribution >= 4 is 5.97 Å². The Morgan fingerprint density at radius 1 is 1.11 bits per heavy atom. The summed E-state index contributed by atoms with van der Waals surface area (Å²) < 4.78 is 6.56. The normalized spacial score (nSPS) is 17.2. The van der Waals surface area contributed by atoms with Gasteiger partial charge in [-0.15, -0.1) is 0 Å². The molecule has 0 aliphatic carbocycles. The molecule has 142 valence electrons. The highest BCUT2D eigenvalue weighted by molar-refractivity contribution is 5.79. The molecule has 0 amide bonds. The van der Waals surface area contributed by atoms with Crippen molar-refractivity contribution in [1.29, 1.82) is 0 Å². The van der Waals surface area contributed by atoms with Crippen molar-refractivity contribution in [2.24, 2.45) is 0 Å². The average molecular weight is 365 g/mol. The van der Waals surface area contributed by atoms with E-state index in [2.05, 4.69) is 60.4 Å². The van der Waals surface area contributed by atoms with Crippen molar-refractivity contribution < 1.29 is 14.6 Å². The van der Waals surface area contributed by atoms with E-state index in [1.165, 1.54) is 22.8 Å². The molecule has 0 spiro atoms. The summed E-state index contributed by atoms with van der Waals surface area (Å²) in [6, 6.07) is 18.9. The highest BCUT2D eigenvalue weighted by Gasteiger charge is 2.24. The van der Waals surface area contributed by atoms with Crippen LogP contribution in [-0.4, -0.2) is 41.7 Å². The number of carbonyl (C=O) groups is 1. The lowest BCUT2D eigenvalue weighted by Gasteiger charge is -2.33. The number of rotatable bonds is 7. The summed E-state index contributed by atoms with van der Waals surface area (Å²) in [5.41, 5.74) is 3.60. The van der Waals surface area contributed by atoms with Gasteiger partial charge in [0.2, 0.25) is 0 Å². The minimum absolute atomic E-state index is 0.0599. The van der Waals surface area contributed by atoms with E-state index in [1.54, 1.807) is 6.08 Å². The monoisotopic (exact) mass is 365 g/mol. The summed E-state index contributed by atoms with van der Waals surface area (Å²) in [7, 11) is 0. The van der Waals surface area contributed by atoms with Crippen LogP contribution in [0.4, 0.5) is 0 Å².